The second-order valence-electron chi connectivity index (χ2n) is 3.77. The zero-order valence-electron chi connectivity index (χ0n) is 10.2. The van der Waals surface area contributed by atoms with Gasteiger partial charge >= 0.3 is 5.69 Å². The highest BCUT2D eigenvalue weighted by Gasteiger charge is 2.22. The molecule has 9 heteroatoms. The van der Waals surface area contributed by atoms with Gasteiger partial charge in [0.25, 0.3) is 0 Å². The number of nitro groups is 1. The minimum absolute atomic E-state index is 0.0420. The van der Waals surface area contributed by atoms with Crippen LogP contribution in [0.2, 0.25) is 0 Å². The number of hydrazine groups is 1. The van der Waals surface area contributed by atoms with Crippen LogP contribution in [0.3, 0.4) is 0 Å². The van der Waals surface area contributed by atoms with E-state index in [9.17, 15) is 10.1 Å². The van der Waals surface area contributed by atoms with Crippen LogP contribution >= 0.6 is 15.9 Å². The van der Waals surface area contributed by atoms with Gasteiger partial charge in [0.05, 0.1) is 4.92 Å². The molecular formula is C11H11BrN6O2. The summed E-state index contributed by atoms with van der Waals surface area (Å²) in [5.74, 6) is 5.27. The van der Waals surface area contributed by atoms with Gasteiger partial charge in [0.1, 0.15) is 6.33 Å². The number of anilines is 2. The SMILES string of the molecule is NNc1ncnc(NCc2ccccc2Br)c1[N+](=O)[O-]. The molecule has 0 spiro atoms. The minimum Gasteiger partial charge on any atom is -0.360 e. The average Bonchev–Trinajstić information content (AvgIpc) is 2.45. The molecule has 1 aromatic heterocycles. The van der Waals surface area contributed by atoms with Gasteiger partial charge in [-0.15, -0.1) is 0 Å². The molecule has 1 aromatic carbocycles. The van der Waals surface area contributed by atoms with E-state index in [2.05, 4.69) is 36.6 Å². The number of rotatable bonds is 5. The van der Waals surface area contributed by atoms with Crippen LogP contribution in [0.1, 0.15) is 5.56 Å². The van der Waals surface area contributed by atoms with Crippen LogP contribution in [0.5, 0.6) is 0 Å². The first kappa shape index (κ1) is 14.2. The molecule has 0 radical (unpaired) electrons. The molecule has 0 saturated carbocycles. The second kappa shape index (κ2) is 6.26. The number of aromatic nitrogens is 2. The predicted octanol–water partition coefficient (Wildman–Crippen LogP) is 2.04. The van der Waals surface area contributed by atoms with Gasteiger partial charge in [-0.1, -0.05) is 34.1 Å². The summed E-state index contributed by atoms with van der Waals surface area (Å²) in [6, 6.07) is 7.55. The van der Waals surface area contributed by atoms with Crippen molar-refractivity contribution in [2.75, 3.05) is 10.7 Å². The Hall–Kier alpha value is -2.26. The Labute approximate surface area is 122 Å². The highest BCUT2D eigenvalue weighted by Crippen LogP contribution is 2.28. The molecule has 0 aliphatic carbocycles. The molecule has 104 valence electrons. The standard InChI is InChI=1S/C11H11BrN6O2/c12-8-4-2-1-3-7(8)5-14-10-9(18(19)20)11(17-13)16-6-15-10/h1-4,6H,5,13H2,(H2,14,15,16,17). The Morgan fingerprint density at radius 1 is 1.30 bits per heavy atom. The molecule has 20 heavy (non-hydrogen) atoms. The van der Waals surface area contributed by atoms with Crippen LogP contribution in [0.4, 0.5) is 17.3 Å². The number of nitrogens with zero attached hydrogens (tertiary/aromatic N) is 3. The van der Waals surface area contributed by atoms with Crippen molar-refractivity contribution in [1.82, 2.24) is 9.97 Å². The van der Waals surface area contributed by atoms with Crippen LogP contribution in [0.25, 0.3) is 0 Å². The summed E-state index contributed by atoms with van der Waals surface area (Å²) in [5.41, 5.74) is 2.84. The van der Waals surface area contributed by atoms with Gasteiger partial charge in [0.2, 0.25) is 11.6 Å². The highest BCUT2D eigenvalue weighted by molar-refractivity contribution is 9.10. The van der Waals surface area contributed by atoms with E-state index in [0.29, 0.717) is 6.54 Å². The summed E-state index contributed by atoms with van der Waals surface area (Å²) in [6.45, 7) is 0.378. The Balaban J connectivity index is 2.26. The lowest BCUT2D eigenvalue weighted by Crippen LogP contribution is -2.13. The molecule has 8 nitrogen and oxygen atoms in total. The van der Waals surface area contributed by atoms with Crippen LogP contribution in [0.15, 0.2) is 35.1 Å². The normalized spacial score (nSPS) is 10.1. The molecule has 0 amide bonds. The molecule has 2 rings (SSSR count). The maximum Gasteiger partial charge on any atom is 0.354 e. The number of hydrogen-bond donors (Lipinski definition) is 3. The smallest absolute Gasteiger partial charge is 0.354 e. The Bertz CT molecular complexity index is 636. The molecule has 1 heterocycles. The van der Waals surface area contributed by atoms with Gasteiger partial charge in [-0.05, 0) is 11.6 Å². The topological polar surface area (TPSA) is 119 Å². The third-order valence-corrected chi connectivity index (χ3v) is 3.32. The van der Waals surface area contributed by atoms with Gasteiger partial charge in [-0.3, -0.25) is 10.1 Å². The lowest BCUT2D eigenvalue weighted by atomic mass is 10.2. The van der Waals surface area contributed by atoms with Gasteiger partial charge < -0.3 is 10.7 Å². The van der Waals surface area contributed by atoms with Crippen molar-refractivity contribution in [2.24, 2.45) is 5.84 Å². The molecule has 0 saturated heterocycles. The molecular weight excluding hydrogens is 328 g/mol. The van der Waals surface area contributed by atoms with Crippen molar-refractivity contribution in [1.29, 1.82) is 0 Å². The fourth-order valence-electron chi connectivity index (χ4n) is 1.61. The first-order valence-corrected chi connectivity index (χ1v) is 6.36. The summed E-state index contributed by atoms with van der Waals surface area (Å²) in [5, 5.41) is 14.0. The molecule has 0 unspecified atom stereocenters. The van der Waals surface area contributed by atoms with Crippen molar-refractivity contribution in [3.05, 3.63) is 50.7 Å². The molecule has 0 bridgehead atoms. The number of nitrogens with one attached hydrogen (secondary N) is 2. The van der Waals surface area contributed by atoms with Crippen molar-refractivity contribution in [3.63, 3.8) is 0 Å². The van der Waals surface area contributed by atoms with E-state index >= 15 is 0 Å². The van der Waals surface area contributed by atoms with Crippen molar-refractivity contribution < 1.29 is 4.92 Å². The highest BCUT2D eigenvalue weighted by atomic mass is 79.9. The molecule has 0 fully saturated rings. The fourth-order valence-corrected chi connectivity index (χ4v) is 2.03. The van der Waals surface area contributed by atoms with Gasteiger partial charge in [-0.25, -0.2) is 15.8 Å². The average molecular weight is 339 g/mol. The number of halogens is 1. The summed E-state index contributed by atoms with van der Waals surface area (Å²) in [7, 11) is 0. The minimum atomic E-state index is -0.586. The van der Waals surface area contributed by atoms with Crippen LogP contribution in [-0.4, -0.2) is 14.9 Å². The van der Waals surface area contributed by atoms with E-state index in [0.717, 1.165) is 10.0 Å². The lowest BCUT2D eigenvalue weighted by Gasteiger charge is -2.09. The third-order valence-electron chi connectivity index (χ3n) is 2.55. The number of benzene rings is 1. The summed E-state index contributed by atoms with van der Waals surface area (Å²) >= 11 is 3.41. The zero-order chi connectivity index (χ0) is 14.5. The summed E-state index contributed by atoms with van der Waals surface area (Å²) in [6.07, 6.45) is 1.20. The molecule has 0 atom stereocenters. The fraction of sp³-hybridized carbons (Fsp3) is 0.0909. The largest absolute Gasteiger partial charge is 0.360 e. The number of nitrogens with two attached hydrogens (primary N) is 1. The molecule has 0 aliphatic heterocycles. The van der Waals surface area contributed by atoms with E-state index in [4.69, 9.17) is 5.84 Å². The predicted molar refractivity (Wildman–Crippen MR) is 78.0 cm³/mol. The second-order valence-corrected chi connectivity index (χ2v) is 4.62. The van der Waals surface area contributed by atoms with Gasteiger partial charge in [0.15, 0.2) is 0 Å². The number of nitrogen functional groups attached to an aromatic ring is 1. The first-order chi connectivity index (χ1) is 9.63. The summed E-state index contributed by atoms with van der Waals surface area (Å²) < 4.78 is 0.904. The molecule has 0 aliphatic rings. The number of hydrogen-bond acceptors (Lipinski definition) is 7. The molecule has 2 aromatic rings. The lowest BCUT2D eigenvalue weighted by molar-refractivity contribution is -0.383. The quantitative estimate of drug-likeness (QED) is 0.433. The van der Waals surface area contributed by atoms with Crippen LogP contribution in [0, 0.1) is 10.1 Å². The van der Waals surface area contributed by atoms with E-state index in [1.807, 2.05) is 24.3 Å². The monoisotopic (exact) mass is 338 g/mol. The van der Waals surface area contributed by atoms with E-state index in [1.165, 1.54) is 6.33 Å². The van der Waals surface area contributed by atoms with Crippen molar-refractivity contribution in [2.45, 2.75) is 6.54 Å². The van der Waals surface area contributed by atoms with E-state index < -0.39 is 4.92 Å². The summed E-state index contributed by atoms with van der Waals surface area (Å²) in [4.78, 5) is 18.1. The first-order valence-electron chi connectivity index (χ1n) is 5.56. The Kier molecular flexibility index (Phi) is 4.43. The maximum absolute atomic E-state index is 11.1. The van der Waals surface area contributed by atoms with E-state index in [1.54, 1.807) is 0 Å². The van der Waals surface area contributed by atoms with Crippen molar-refractivity contribution in [3.8, 4) is 0 Å². The van der Waals surface area contributed by atoms with Gasteiger partial charge in [-0.2, -0.15) is 0 Å². The van der Waals surface area contributed by atoms with Crippen molar-refractivity contribution >= 4 is 33.3 Å². The Morgan fingerprint density at radius 3 is 2.65 bits per heavy atom. The van der Waals surface area contributed by atoms with Crippen LogP contribution < -0.4 is 16.6 Å². The van der Waals surface area contributed by atoms with Gasteiger partial charge in [0, 0.05) is 11.0 Å². The van der Waals surface area contributed by atoms with E-state index in [-0.39, 0.29) is 17.3 Å². The van der Waals surface area contributed by atoms with Crippen LogP contribution in [-0.2, 0) is 6.54 Å². The Morgan fingerprint density at radius 2 is 2.00 bits per heavy atom. The maximum atomic E-state index is 11.1. The third kappa shape index (κ3) is 3.00. The molecule has 4 N–H and O–H groups in total. The zero-order valence-corrected chi connectivity index (χ0v) is 11.8.